The van der Waals surface area contributed by atoms with Crippen LogP contribution < -0.4 is 0 Å². The van der Waals surface area contributed by atoms with E-state index in [0.29, 0.717) is 0 Å². The van der Waals surface area contributed by atoms with Crippen molar-refractivity contribution in [3.63, 3.8) is 0 Å². The number of nitrogens with zero attached hydrogens (tertiary/aromatic N) is 2. The minimum Gasteiger partial charge on any atom is -0.389 e. The number of hydrogen-bond donors (Lipinski definition) is 1. The maximum Gasteiger partial charge on any atom is 0.0774 e. The van der Waals surface area contributed by atoms with Gasteiger partial charge in [-0.3, -0.25) is 0 Å². The molecule has 1 aliphatic heterocycles. The van der Waals surface area contributed by atoms with Crippen molar-refractivity contribution in [3.8, 4) is 6.07 Å². The Labute approximate surface area is 98.1 Å². The van der Waals surface area contributed by atoms with Crippen molar-refractivity contribution in [2.24, 2.45) is 5.92 Å². The summed E-state index contributed by atoms with van der Waals surface area (Å²) >= 11 is 0. The second-order valence-electron chi connectivity index (χ2n) is 5.46. The number of β-amino-alcohol motifs (C(OH)–C–C–N with tert-alkyl or cyclic N) is 1. The van der Waals surface area contributed by atoms with Crippen molar-refractivity contribution in [1.82, 2.24) is 4.90 Å². The van der Waals surface area contributed by atoms with Crippen LogP contribution in [-0.2, 0) is 0 Å². The van der Waals surface area contributed by atoms with Crippen LogP contribution in [0, 0.1) is 17.2 Å². The second-order valence-corrected chi connectivity index (χ2v) is 5.46. The Kier molecular flexibility index (Phi) is 3.83. The predicted octanol–water partition coefficient (Wildman–Crippen LogP) is 1.92. The van der Waals surface area contributed by atoms with Gasteiger partial charge in [0.15, 0.2) is 0 Å². The Balaban J connectivity index is 1.79. The summed E-state index contributed by atoms with van der Waals surface area (Å²) in [4.78, 5) is 2.35. The van der Waals surface area contributed by atoms with Gasteiger partial charge < -0.3 is 10.0 Å². The number of aliphatic hydroxyl groups is 1. The minimum absolute atomic E-state index is 0.247. The van der Waals surface area contributed by atoms with Crippen LogP contribution >= 0.6 is 0 Å². The molecule has 0 aromatic heterocycles. The summed E-state index contributed by atoms with van der Waals surface area (Å²) in [6.45, 7) is 2.80. The molecule has 0 aromatic rings. The summed E-state index contributed by atoms with van der Waals surface area (Å²) in [5.74, 6) is 0.247. The normalized spacial score (nSPS) is 27.5. The van der Waals surface area contributed by atoms with E-state index in [9.17, 15) is 5.11 Å². The highest BCUT2D eigenvalue weighted by atomic mass is 16.3. The molecule has 0 unspecified atom stereocenters. The molecule has 3 heteroatoms. The molecule has 0 bridgehead atoms. The first kappa shape index (κ1) is 11.9. The van der Waals surface area contributed by atoms with Gasteiger partial charge in [0.05, 0.1) is 11.7 Å². The third-order valence-electron chi connectivity index (χ3n) is 4.07. The Morgan fingerprint density at radius 2 is 1.81 bits per heavy atom. The lowest BCUT2D eigenvalue weighted by molar-refractivity contribution is -0.0312. The standard InChI is InChI=1S/C13H22N2O/c14-10-12-4-8-15(9-5-12)11-13(16)6-2-1-3-7-13/h12,16H,1-9,11H2. The summed E-state index contributed by atoms with van der Waals surface area (Å²) in [6, 6.07) is 2.35. The molecule has 0 spiro atoms. The van der Waals surface area contributed by atoms with Crippen LogP contribution in [0.2, 0.25) is 0 Å². The van der Waals surface area contributed by atoms with Crippen LogP contribution in [-0.4, -0.2) is 35.2 Å². The van der Waals surface area contributed by atoms with E-state index >= 15 is 0 Å². The largest absolute Gasteiger partial charge is 0.389 e. The van der Waals surface area contributed by atoms with Crippen molar-refractivity contribution in [1.29, 1.82) is 5.26 Å². The molecule has 0 amide bonds. The summed E-state index contributed by atoms with van der Waals surface area (Å²) < 4.78 is 0. The van der Waals surface area contributed by atoms with E-state index < -0.39 is 5.60 Å². The number of likely N-dealkylation sites (tertiary alicyclic amines) is 1. The van der Waals surface area contributed by atoms with Crippen LogP contribution in [0.25, 0.3) is 0 Å². The van der Waals surface area contributed by atoms with E-state index in [-0.39, 0.29) is 5.92 Å². The van der Waals surface area contributed by atoms with Crippen LogP contribution in [0.1, 0.15) is 44.9 Å². The molecule has 90 valence electrons. The zero-order valence-electron chi connectivity index (χ0n) is 9.99. The summed E-state index contributed by atoms with van der Waals surface area (Å²) in [5, 5.41) is 19.3. The van der Waals surface area contributed by atoms with Crippen LogP contribution in [0.5, 0.6) is 0 Å². The molecule has 0 atom stereocenters. The van der Waals surface area contributed by atoms with Crippen molar-refractivity contribution in [2.75, 3.05) is 19.6 Å². The lowest BCUT2D eigenvalue weighted by Crippen LogP contribution is -2.47. The van der Waals surface area contributed by atoms with E-state index in [1.54, 1.807) is 0 Å². The van der Waals surface area contributed by atoms with E-state index in [1.165, 1.54) is 19.3 Å². The Bertz CT molecular complexity index is 258. The number of rotatable bonds is 2. The molecular formula is C13H22N2O. The second kappa shape index (κ2) is 5.16. The van der Waals surface area contributed by atoms with E-state index in [2.05, 4.69) is 11.0 Å². The SMILES string of the molecule is N#CC1CCN(CC2(O)CCCCC2)CC1. The van der Waals surface area contributed by atoms with Crippen LogP contribution in [0.3, 0.4) is 0 Å². The summed E-state index contributed by atoms with van der Waals surface area (Å²) in [5.41, 5.74) is -0.433. The highest BCUT2D eigenvalue weighted by Gasteiger charge is 2.32. The van der Waals surface area contributed by atoms with E-state index in [1.807, 2.05) is 0 Å². The van der Waals surface area contributed by atoms with Gasteiger partial charge in [0.2, 0.25) is 0 Å². The van der Waals surface area contributed by atoms with E-state index in [0.717, 1.165) is 45.3 Å². The first-order chi connectivity index (χ1) is 7.72. The van der Waals surface area contributed by atoms with Gasteiger partial charge in [0.25, 0.3) is 0 Å². The van der Waals surface area contributed by atoms with Gasteiger partial charge in [-0.25, -0.2) is 0 Å². The lowest BCUT2D eigenvalue weighted by Gasteiger charge is -2.39. The first-order valence-corrected chi connectivity index (χ1v) is 6.56. The van der Waals surface area contributed by atoms with Gasteiger partial charge in [-0.15, -0.1) is 0 Å². The molecule has 1 heterocycles. The monoisotopic (exact) mass is 222 g/mol. The van der Waals surface area contributed by atoms with Gasteiger partial charge >= 0.3 is 0 Å². The quantitative estimate of drug-likeness (QED) is 0.776. The number of nitriles is 1. The van der Waals surface area contributed by atoms with Crippen molar-refractivity contribution in [2.45, 2.75) is 50.5 Å². The molecule has 1 N–H and O–H groups in total. The fraction of sp³-hybridized carbons (Fsp3) is 0.923. The molecular weight excluding hydrogens is 200 g/mol. The molecule has 0 aromatic carbocycles. The molecule has 3 nitrogen and oxygen atoms in total. The van der Waals surface area contributed by atoms with Gasteiger partial charge in [-0.2, -0.15) is 5.26 Å². The van der Waals surface area contributed by atoms with E-state index in [4.69, 9.17) is 5.26 Å². The first-order valence-electron chi connectivity index (χ1n) is 6.56. The maximum atomic E-state index is 10.4. The molecule has 2 fully saturated rings. The molecule has 1 aliphatic carbocycles. The molecule has 1 saturated carbocycles. The van der Waals surface area contributed by atoms with Gasteiger partial charge in [0.1, 0.15) is 0 Å². The minimum atomic E-state index is -0.433. The number of piperidine rings is 1. The molecule has 16 heavy (non-hydrogen) atoms. The van der Waals surface area contributed by atoms with Gasteiger partial charge in [-0.1, -0.05) is 19.3 Å². The lowest BCUT2D eigenvalue weighted by atomic mass is 9.84. The smallest absolute Gasteiger partial charge is 0.0774 e. The average molecular weight is 222 g/mol. The molecule has 2 aliphatic rings. The Hall–Kier alpha value is -0.590. The van der Waals surface area contributed by atoms with Gasteiger partial charge in [-0.05, 0) is 38.8 Å². The van der Waals surface area contributed by atoms with Gasteiger partial charge in [0, 0.05) is 12.5 Å². The maximum absolute atomic E-state index is 10.4. The van der Waals surface area contributed by atoms with Crippen LogP contribution in [0.4, 0.5) is 0 Å². The third kappa shape index (κ3) is 2.96. The fourth-order valence-corrected chi connectivity index (χ4v) is 3.00. The summed E-state index contributed by atoms with van der Waals surface area (Å²) in [7, 11) is 0. The highest BCUT2D eigenvalue weighted by Crippen LogP contribution is 2.30. The zero-order valence-corrected chi connectivity index (χ0v) is 9.99. The Morgan fingerprint density at radius 3 is 2.38 bits per heavy atom. The zero-order chi connectivity index (χ0) is 11.4. The number of hydrogen-bond acceptors (Lipinski definition) is 3. The molecule has 2 rings (SSSR count). The van der Waals surface area contributed by atoms with Crippen molar-refractivity contribution >= 4 is 0 Å². The summed E-state index contributed by atoms with van der Waals surface area (Å²) in [6.07, 6.45) is 7.50. The van der Waals surface area contributed by atoms with Crippen LogP contribution in [0.15, 0.2) is 0 Å². The average Bonchev–Trinajstić information content (AvgIpc) is 2.30. The topological polar surface area (TPSA) is 47.3 Å². The molecule has 1 saturated heterocycles. The Morgan fingerprint density at radius 1 is 1.19 bits per heavy atom. The highest BCUT2D eigenvalue weighted by molar-refractivity contribution is 4.91. The molecule has 0 radical (unpaired) electrons. The predicted molar refractivity (Wildman–Crippen MR) is 62.8 cm³/mol. The third-order valence-corrected chi connectivity index (χ3v) is 4.07. The fourth-order valence-electron chi connectivity index (χ4n) is 3.00. The van der Waals surface area contributed by atoms with Crippen molar-refractivity contribution in [3.05, 3.63) is 0 Å². The van der Waals surface area contributed by atoms with Crippen molar-refractivity contribution < 1.29 is 5.11 Å².